The van der Waals surface area contributed by atoms with Crippen LogP contribution in [0.25, 0.3) is 0 Å². The number of nitrogens with zero attached hydrogens (tertiary/aromatic N) is 1. The van der Waals surface area contributed by atoms with Crippen LogP contribution in [0, 0.1) is 5.92 Å². The van der Waals surface area contributed by atoms with E-state index in [2.05, 4.69) is 5.32 Å². The maximum atomic E-state index is 12.4. The zero-order chi connectivity index (χ0) is 19.5. The number of methoxy groups -OCH3 is 1. The third-order valence-corrected chi connectivity index (χ3v) is 4.98. The zero-order valence-corrected chi connectivity index (χ0v) is 15.6. The zero-order valence-electron chi connectivity index (χ0n) is 15.6. The molecule has 1 saturated heterocycles. The van der Waals surface area contributed by atoms with Crippen molar-refractivity contribution >= 4 is 17.5 Å². The van der Waals surface area contributed by atoms with Crippen molar-refractivity contribution in [1.29, 1.82) is 0 Å². The van der Waals surface area contributed by atoms with E-state index in [0.717, 1.165) is 17.0 Å². The summed E-state index contributed by atoms with van der Waals surface area (Å²) >= 11 is 0. The molecule has 2 aromatic carbocycles. The molecule has 2 heterocycles. The van der Waals surface area contributed by atoms with Crippen molar-refractivity contribution in [3.63, 3.8) is 0 Å². The quantitative estimate of drug-likeness (QED) is 0.828. The summed E-state index contributed by atoms with van der Waals surface area (Å²) in [5, 5.41) is 2.94. The van der Waals surface area contributed by atoms with Gasteiger partial charge in [-0.2, -0.15) is 0 Å². The maximum absolute atomic E-state index is 12.4. The van der Waals surface area contributed by atoms with Crippen molar-refractivity contribution < 1.29 is 23.8 Å². The highest BCUT2D eigenvalue weighted by Crippen LogP contribution is 2.37. The molecule has 0 aliphatic carbocycles. The van der Waals surface area contributed by atoms with Crippen molar-refractivity contribution in [1.82, 2.24) is 5.32 Å². The molecule has 4 rings (SSSR count). The first-order chi connectivity index (χ1) is 13.6. The first-order valence-corrected chi connectivity index (χ1v) is 9.22. The van der Waals surface area contributed by atoms with Crippen LogP contribution in [0.3, 0.4) is 0 Å². The number of benzene rings is 2. The van der Waals surface area contributed by atoms with Gasteiger partial charge in [0.1, 0.15) is 5.75 Å². The highest BCUT2D eigenvalue weighted by Gasteiger charge is 2.31. The molecule has 1 atom stereocenters. The number of hydrogen-bond donors (Lipinski definition) is 1. The monoisotopic (exact) mass is 382 g/mol. The molecule has 1 N–H and O–H groups in total. The van der Waals surface area contributed by atoms with E-state index in [9.17, 15) is 9.59 Å². The smallest absolute Gasteiger partial charge is 0.231 e. The van der Waals surface area contributed by atoms with Crippen LogP contribution in [0.1, 0.15) is 12.0 Å². The fraction of sp³-hybridized carbons (Fsp3) is 0.333. The second kappa shape index (κ2) is 7.80. The molecule has 0 saturated carbocycles. The number of nitrogens with one attached hydrogen (secondary N) is 1. The summed E-state index contributed by atoms with van der Waals surface area (Å²) in [4.78, 5) is 26.4. The molecular formula is C21H22N2O5. The molecular weight excluding hydrogens is 360 g/mol. The SMILES string of the molecule is COc1ccc(CC(=O)NCC2CC(=O)N(c3ccc4c(c3)OCO4)C2)cc1. The minimum atomic E-state index is -0.0563. The molecule has 0 spiro atoms. The normalized spacial score (nSPS) is 17.7. The lowest BCUT2D eigenvalue weighted by Crippen LogP contribution is -2.32. The molecule has 0 radical (unpaired) electrons. The molecule has 28 heavy (non-hydrogen) atoms. The average Bonchev–Trinajstić information content (AvgIpc) is 3.32. The van der Waals surface area contributed by atoms with Crippen molar-refractivity contribution in [2.75, 3.05) is 31.9 Å². The van der Waals surface area contributed by atoms with Crippen LogP contribution in [-0.4, -0.2) is 38.8 Å². The van der Waals surface area contributed by atoms with Crippen LogP contribution in [0.15, 0.2) is 42.5 Å². The molecule has 1 fully saturated rings. The van der Waals surface area contributed by atoms with Crippen molar-refractivity contribution in [3.8, 4) is 17.2 Å². The minimum Gasteiger partial charge on any atom is -0.497 e. The first-order valence-electron chi connectivity index (χ1n) is 9.22. The predicted octanol–water partition coefficient (Wildman–Crippen LogP) is 2.14. The van der Waals surface area contributed by atoms with Gasteiger partial charge < -0.3 is 24.4 Å². The lowest BCUT2D eigenvalue weighted by atomic mass is 10.1. The van der Waals surface area contributed by atoms with E-state index in [-0.39, 0.29) is 24.5 Å². The lowest BCUT2D eigenvalue weighted by molar-refractivity contribution is -0.121. The Balaban J connectivity index is 1.30. The van der Waals surface area contributed by atoms with Gasteiger partial charge in [0.05, 0.1) is 13.5 Å². The van der Waals surface area contributed by atoms with Gasteiger partial charge in [0.25, 0.3) is 0 Å². The Morgan fingerprint density at radius 1 is 1.18 bits per heavy atom. The molecule has 2 amide bonds. The van der Waals surface area contributed by atoms with Crippen molar-refractivity contribution in [2.45, 2.75) is 12.8 Å². The standard InChI is InChI=1S/C21H22N2O5/c1-26-17-5-2-14(3-6-17)8-20(24)22-11-15-9-21(25)23(12-15)16-4-7-18-19(10-16)28-13-27-18/h2-7,10,15H,8-9,11-13H2,1H3,(H,22,24). The van der Waals surface area contributed by atoms with Crippen LogP contribution in [0.2, 0.25) is 0 Å². The Hall–Kier alpha value is -3.22. The van der Waals surface area contributed by atoms with E-state index in [1.165, 1.54) is 0 Å². The molecule has 7 heteroatoms. The van der Waals surface area contributed by atoms with Crippen LogP contribution >= 0.6 is 0 Å². The largest absolute Gasteiger partial charge is 0.497 e. The van der Waals surface area contributed by atoms with E-state index in [1.807, 2.05) is 42.5 Å². The third-order valence-electron chi connectivity index (χ3n) is 4.98. The van der Waals surface area contributed by atoms with Crippen molar-refractivity contribution in [2.24, 2.45) is 5.92 Å². The van der Waals surface area contributed by atoms with Gasteiger partial charge in [-0.05, 0) is 29.8 Å². The molecule has 2 aliphatic heterocycles. The summed E-state index contributed by atoms with van der Waals surface area (Å²) in [5.74, 6) is 2.18. The summed E-state index contributed by atoms with van der Waals surface area (Å²) in [7, 11) is 1.61. The van der Waals surface area contributed by atoms with Gasteiger partial charge >= 0.3 is 0 Å². The number of anilines is 1. The van der Waals surface area contributed by atoms with Gasteiger partial charge in [-0.25, -0.2) is 0 Å². The number of fused-ring (bicyclic) bond motifs is 1. The highest BCUT2D eigenvalue weighted by molar-refractivity contribution is 5.96. The summed E-state index contributed by atoms with van der Waals surface area (Å²) in [6.07, 6.45) is 0.716. The van der Waals surface area contributed by atoms with E-state index in [1.54, 1.807) is 12.0 Å². The number of hydrogen-bond acceptors (Lipinski definition) is 5. The molecule has 7 nitrogen and oxygen atoms in total. The van der Waals surface area contributed by atoms with Crippen LogP contribution in [0.5, 0.6) is 17.2 Å². The number of carbonyl (C=O) groups is 2. The molecule has 2 aliphatic rings. The van der Waals surface area contributed by atoms with Gasteiger partial charge in [0.15, 0.2) is 11.5 Å². The van der Waals surface area contributed by atoms with Crippen LogP contribution in [0.4, 0.5) is 5.69 Å². The fourth-order valence-corrected chi connectivity index (χ4v) is 3.47. The fourth-order valence-electron chi connectivity index (χ4n) is 3.47. The number of ether oxygens (including phenoxy) is 3. The Bertz CT molecular complexity index is 881. The molecule has 0 bridgehead atoms. The van der Waals surface area contributed by atoms with Gasteiger partial charge in [0, 0.05) is 37.2 Å². The van der Waals surface area contributed by atoms with E-state index < -0.39 is 0 Å². The lowest BCUT2D eigenvalue weighted by Gasteiger charge is -2.17. The van der Waals surface area contributed by atoms with Gasteiger partial charge in [-0.3, -0.25) is 9.59 Å². The highest BCUT2D eigenvalue weighted by atomic mass is 16.7. The third kappa shape index (κ3) is 3.88. The average molecular weight is 382 g/mol. The Morgan fingerprint density at radius 2 is 1.96 bits per heavy atom. The number of amides is 2. The predicted molar refractivity (Wildman–Crippen MR) is 103 cm³/mol. The molecule has 1 unspecified atom stereocenters. The topological polar surface area (TPSA) is 77.1 Å². The number of rotatable bonds is 6. The van der Waals surface area contributed by atoms with Crippen LogP contribution in [-0.2, 0) is 16.0 Å². The summed E-state index contributed by atoms with van der Waals surface area (Å²) < 4.78 is 15.8. The second-order valence-corrected chi connectivity index (χ2v) is 6.94. The van der Waals surface area contributed by atoms with E-state index >= 15 is 0 Å². The summed E-state index contributed by atoms with van der Waals surface area (Å²) in [6.45, 7) is 1.25. The Morgan fingerprint density at radius 3 is 2.75 bits per heavy atom. The second-order valence-electron chi connectivity index (χ2n) is 6.94. The van der Waals surface area contributed by atoms with Gasteiger partial charge in [-0.1, -0.05) is 12.1 Å². The minimum absolute atomic E-state index is 0.0493. The van der Waals surface area contributed by atoms with Crippen LogP contribution < -0.4 is 24.4 Å². The summed E-state index contributed by atoms with van der Waals surface area (Å²) in [5.41, 5.74) is 1.71. The van der Waals surface area contributed by atoms with Crippen molar-refractivity contribution in [3.05, 3.63) is 48.0 Å². The molecule has 146 valence electrons. The Labute approximate surface area is 163 Å². The number of carbonyl (C=O) groups excluding carboxylic acids is 2. The van der Waals surface area contributed by atoms with Gasteiger partial charge in [0.2, 0.25) is 18.6 Å². The molecule has 2 aromatic rings. The first kappa shape index (κ1) is 18.2. The van der Waals surface area contributed by atoms with Gasteiger partial charge in [-0.15, -0.1) is 0 Å². The molecule has 0 aromatic heterocycles. The Kier molecular flexibility index (Phi) is 5.06. The van der Waals surface area contributed by atoms with E-state index in [4.69, 9.17) is 14.2 Å². The van der Waals surface area contributed by atoms with E-state index in [0.29, 0.717) is 37.4 Å². The maximum Gasteiger partial charge on any atom is 0.231 e. The summed E-state index contributed by atoms with van der Waals surface area (Å²) in [6, 6.07) is 12.9.